The molecule has 0 radical (unpaired) electrons. The molecule has 0 aliphatic carbocycles. The Morgan fingerprint density at radius 2 is 1.71 bits per heavy atom. The van der Waals surface area contributed by atoms with Crippen LogP contribution >= 0.6 is 0 Å². The number of rotatable bonds is 10. The zero-order chi connectivity index (χ0) is 22.6. The quantitative estimate of drug-likeness (QED) is 0.345. The van der Waals surface area contributed by atoms with Crippen LogP contribution in [0.15, 0.2) is 53.5 Å². The van der Waals surface area contributed by atoms with Crippen molar-refractivity contribution < 1.29 is 14.3 Å². The SMILES string of the molecule is COc1ccc(NC(=NCC(=O)N(C)C)NCCCN(C)c2ccccc2)cc1OC. The van der Waals surface area contributed by atoms with E-state index in [0.717, 1.165) is 18.7 Å². The molecule has 168 valence electrons. The van der Waals surface area contributed by atoms with Gasteiger partial charge in [0, 0.05) is 51.7 Å². The highest BCUT2D eigenvalue weighted by atomic mass is 16.5. The van der Waals surface area contributed by atoms with Crippen molar-refractivity contribution in [1.29, 1.82) is 0 Å². The molecular weight excluding hydrogens is 394 g/mol. The number of amides is 1. The highest BCUT2D eigenvalue weighted by Crippen LogP contribution is 2.29. The molecule has 0 spiro atoms. The molecule has 2 aromatic rings. The molecule has 0 fully saturated rings. The number of likely N-dealkylation sites (N-methyl/N-ethyl adjacent to an activating group) is 1. The maximum atomic E-state index is 12.0. The summed E-state index contributed by atoms with van der Waals surface area (Å²) in [6, 6.07) is 15.8. The van der Waals surface area contributed by atoms with Crippen LogP contribution in [0.25, 0.3) is 0 Å². The van der Waals surface area contributed by atoms with Crippen molar-refractivity contribution in [1.82, 2.24) is 10.2 Å². The normalized spacial score (nSPS) is 10.9. The van der Waals surface area contributed by atoms with Gasteiger partial charge in [-0.05, 0) is 30.7 Å². The van der Waals surface area contributed by atoms with Crippen LogP contribution in [0.1, 0.15) is 6.42 Å². The van der Waals surface area contributed by atoms with E-state index in [0.29, 0.717) is 24.0 Å². The van der Waals surface area contributed by atoms with Gasteiger partial charge in [0.1, 0.15) is 6.54 Å². The van der Waals surface area contributed by atoms with E-state index >= 15 is 0 Å². The lowest BCUT2D eigenvalue weighted by Gasteiger charge is -2.20. The summed E-state index contributed by atoms with van der Waals surface area (Å²) in [5.74, 6) is 1.72. The Kier molecular flexibility index (Phi) is 9.48. The average Bonchev–Trinajstić information content (AvgIpc) is 2.79. The molecule has 0 aliphatic heterocycles. The minimum absolute atomic E-state index is 0.0551. The Labute approximate surface area is 184 Å². The second kappa shape index (κ2) is 12.3. The number of guanidine groups is 1. The van der Waals surface area contributed by atoms with Gasteiger partial charge in [0.25, 0.3) is 0 Å². The van der Waals surface area contributed by atoms with Crippen LogP contribution < -0.4 is 25.0 Å². The molecule has 0 bridgehead atoms. The van der Waals surface area contributed by atoms with Gasteiger partial charge in [0.05, 0.1) is 14.2 Å². The molecule has 2 aromatic carbocycles. The lowest BCUT2D eigenvalue weighted by molar-refractivity contribution is -0.127. The predicted octanol–water partition coefficient (Wildman–Crippen LogP) is 2.68. The van der Waals surface area contributed by atoms with Crippen molar-refractivity contribution >= 4 is 23.2 Å². The summed E-state index contributed by atoms with van der Waals surface area (Å²) in [6.07, 6.45) is 0.902. The number of nitrogens with zero attached hydrogens (tertiary/aromatic N) is 3. The molecule has 0 aromatic heterocycles. The summed E-state index contributed by atoms with van der Waals surface area (Å²) in [7, 11) is 8.69. The summed E-state index contributed by atoms with van der Waals surface area (Å²) in [6.45, 7) is 1.64. The minimum Gasteiger partial charge on any atom is -0.493 e. The van der Waals surface area contributed by atoms with Gasteiger partial charge in [-0.2, -0.15) is 0 Å². The Balaban J connectivity index is 1.99. The van der Waals surface area contributed by atoms with Crippen LogP contribution in [0.4, 0.5) is 11.4 Å². The number of ether oxygens (including phenoxy) is 2. The van der Waals surface area contributed by atoms with Crippen LogP contribution in [0.3, 0.4) is 0 Å². The fourth-order valence-electron chi connectivity index (χ4n) is 2.81. The van der Waals surface area contributed by atoms with Gasteiger partial charge in [0.15, 0.2) is 17.5 Å². The summed E-state index contributed by atoms with van der Waals surface area (Å²) in [5.41, 5.74) is 1.96. The number of nitrogens with one attached hydrogen (secondary N) is 2. The molecule has 2 rings (SSSR count). The highest BCUT2D eigenvalue weighted by molar-refractivity contribution is 5.95. The standard InChI is InChI=1S/C23H33N5O3/c1-27(2)22(29)17-25-23(26-18-12-13-20(30-4)21(16-18)31-5)24-14-9-15-28(3)19-10-7-6-8-11-19/h6-8,10-13,16H,9,14-15,17H2,1-5H3,(H2,24,25,26). The third-order valence-electron chi connectivity index (χ3n) is 4.68. The van der Waals surface area contributed by atoms with Crippen molar-refractivity contribution in [3.63, 3.8) is 0 Å². The molecule has 1 amide bonds. The number of para-hydroxylation sites is 1. The first-order valence-corrected chi connectivity index (χ1v) is 10.2. The molecule has 2 N–H and O–H groups in total. The lowest BCUT2D eigenvalue weighted by Crippen LogP contribution is -2.35. The van der Waals surface area contributed by atoms with Gasteiger partial charge < -0.3 is 29.9 Å². The van der Waals surface area contributed by atoms with E-state index in [1.807, 2.05) is 36.4 Å². The van der Waals surface area contributed by atoms with Crippen LogP contribution in [0.2, 0.25) is 0 Å². The molecule has 8 heteroatoms. The van der Waals surface area contributed by atoms with Gasteiger partial charge in [-0.3, -0.25) is 4.79 Å². The molecule has 0 heterocycles. The average molecular weight is 428 g/mol. The number of hydrogen-bond acceptors (Lipinski definition) is 5. The van der Waals surface area contributed by atoms with E-state index in [9.17, 15) is 4.79 Å². The minimum atomic E-state index is -0.0720. The molecular formula is C23H33N5O3. The van der Waals surface area contributed by atoms with Crippen molar-refractivity contribution in [3.05, 3.63) is 48.5 Å². The second-order valence-electron chi connectivity index (χ2n) is 7.19. The van der Waals surface area contributed by atoms with E-state index in [-0.39, 0.29) is 12.5 Å². The van der Waals surface area contributed by atoms with Crippen molar-refractivity contribution in [2.45, 2.75) is 6.42 Å². The van der Waals surface area contributed by atoms with Gasteiger partial charge in [-0.15, -0.1) is 0 Å². The Bertz CT molecular complexity index is 856. The Morgan fingerprint density at radius 1 is 1.00 bits per heavy atom. The number of aliphatic imine (C=N–C) groups is 1. The fraction of sp³-hybridized carbons (Fsp3) is 0.391. The molecule has 0 aliphatic rings. The number of benzene rings is 2. The molecule has 0 saturated carbocycles. The van der Waals surface area contributed by atoms with Crippen LogP contribution in [0.5, 0.6) is 11.5 Å². The van der Waals surface area contributed by atoms with Crippen LogP contribution in [-0.4, -0.2) is 71.8 Å². The highest BCUT2D eigenvalue weighted by Gasteiger charge is 2.08. The number of methoxy groups -OCH3 is 2. The molecule has 0 saturated heterocycles. The molecule has 0 atom stereocenters. The Hall–Kier alpha value is -3.42. The van der Waals surface area contributed by atoms with Crippen molar-refractivity contribution in [2.75, 3.05) is 65.2 Å². The first kappa shape index (κ1) is 23.9. The lowest BCUT2D eigenvalue weighted by atomic mass is 10.2. The van der Waals surface area contributed by atoms with E-state index in [1.165, 1.54) is 10.6 Å². The molecule has 0 unspecified atom stereocenters. The number of carbonyl (C=O) groups excluding carboxylic acids is 1. The van der Waals surface area contributed by atoms with Crippen LogP contribution in [-0.2, 0) is 4.79 Å². The maximum Gasteiger partial charge on any atom is 0.243 e. The Morgan fingerprint density at radius 3 is 2.35 bits per heavy atom. The zero-order valence-electron chi connectivity index (χ0n) is 19.0. The predicted molar refractivity (Wildman–Crippen MR) is 126 cm³/mol. The molecule has 8 nitrogen and oxygen atoms in total. The monoisotopic (exact) mass is 427 g/mol. The van der Waals surface area contributed by atoms with Gasteiger partial charge >= 0.3 is 0 Å². The van der Waals surface area contributed by atoms with Gasteiger partial charge in [-0.25, -0.2) is 4.99 Å². The van der Waals surface area contributed by atoms with E-state index in [4.69, 9.17) is 9.47 Å². The summed E-state index contributed by atoms with van der Waals surface area (Å²) in [5, 5.41) is 6.54. The smallest absolute Gasteiger partial charge is 0.243 e. The van der Waals surface area contributed by atoms with E-state index < -0.39 is 0 Å². The third-order valence-corrected chi connectivity index (χ3v) is 4.68. The second-order valence-corrected chi connectivity index (χ2v) is 7.19. The largest absolute Gasteiger partial charge is 0.493 e. The summed E-state index contributed by atoms with van der Waals surface area (Å²) >= 11 is 0. The third kappa shape index (κ3) is 7.73. The van der Waals surface area contributed by atoms with Crippen molar-refractivity contribution in [3.8, 4) is 11.5 Å². The first-order valence-electron chi connectivity index (χ1n) is 10.2. The summed E-state index contributed by atoms with van der Waals surface area (Å²) in [4.78, 5) is 20.1. The van der Waals surface area contributed by atoms with Crippen molar-refractivity contribution in [2.24, 2.45) is 4.99 Å². The van der Waals surface area contributed by atoms with E-state index in [1.54, 1.807) is 28.3 Å². The maximum absolute atomic E-state index is 12.0. The summed E-state index contributed by atoms with van der Waals surface area (Å²) < 4.78 is 10.6. The molecule has 31 heavy (non-hydrogen) atoms. The zero-order valence-corrected chi connectivity index (χ0v) is 19.0. The van der Waals surface area contributed by atoms with Crippen LogP contribution in [0, 0.1) is 0 Å². The van der Waals surface area contributed by atoms with Gasteiger partial charge in [0.2, 0.25) is 5.91 Å². The fourth-order valence-corrected chi connectivity index (χ4v) is 2.81. The first-order chi connectivity index (χ1) is 14.9. The topological polar surface area (TPSA) is 78.4 Å². The number of anilines is 2. The number of hydrogen-bond donors (Lipinski definition) is 2. The number of carbonyl (C=O) groups is 1. The van der Waals surface area contributed by atoms with E-state index in [2.05, 4.69) is 39.7 Å². The van der Waals surface area contributed by atoms with Gasteiger partial charge in [-0.1, -0.05) is 18.2 Å².